The fourth-order valence-electron chi connectivity index (χ4n) is 4.91. The molecule has 0 saturated heterocycles. The van der Waals surface area contributed by atoms with Crippen LogP contribution in [0.1, 0.15) is 129 Å². The van der Waals surface area contributed by atoms with Crippen LogP contribution in [0, 0.1) is 0 Å². The molecule has 0 aromatic heterocycles. The summed E-state index contributed by atoms with van der Waals surface area (Å²) >= 11 is 0. The summed E-state index contributed by atoms with van der Waals surface area (Å²) in [5.41, 5.74) is 11.4. The van der Waals surface area contributed by atoms with Gasteiger partial charge in [-0.05, 0) is 58.0 Å². The summed E-state index contributed by atoms with van der Waals surface area (Å²) in [5.74, 6) is 0. The molecule has 6 nitrogen and oxygen atoms in total. The van der Waals surface area contributed by atoms with Gasteiger partial charge in [-0.3, -0.25) is 9.80 Å². The fourth-order valence-corrected chi connectivity index (χ4v) is 4.91. The molecule has 6 N–H and O–H groups in total. The topological polar surface area (TPSA) is 99.0 Å². The normalized spacial score (nSPS) is 13.9. The maximum Gasteiger partial charge on any atom is 0.0789 e. The molecule has 6 heteroatoms. The molecule has 0 amide bonds. The van der Waals surface area contributed by atoms with Crippen LogP contribution < -0.4 is 11.5 Å². The van der Waals surface area contributed by atoms with Gasteiger partial charge in [0.25, 0.3) is 0 Å². The zero-order valence-corrected chi connectivity index (χ0v) is 26.1. The van der Waals surface area contributed by atoms with Crippen LogP contribution in [-0.4, -0.2) is 78.2 Å². The van der Waals surface area contributed by atoms with E-state index in [-0.39, 0.29) is 13.1 Å². The highest BCUT2D eigenvalue weighted by Crippen LogP contribution is 2.11. The molecule has 0 aliphatic heterocycles. The van der Waals surface area contributed by atoms with E-state index in [0.717, 1.165) is 39.0 Å². The number of aliphatic hydroxyl groups is 2. The van der Waals surface area contributed by atoms with Crippen LogP contribution in [0.25, 0.3) is 0 Å². The second kappa shape index (κ2) is 30.2. The Morgan fingerprint density at radius 1 is 0.538 bits per heavy atom. The van der Waals surface area contributed by atoms with Gasteiger partial charge < -0.3 is 21.7 Å². The van der Waals surface area contributed by atoms with E-state index in [1.807, 2.05) is 0 Å². The van der Waals surface area contributed by atoms with Crippen LogP contribution in [0.3, 0.4) is 0 Å². The first kappa shape index (κ1) is 38.2. The Morgan fingerprint density at radius 3 is 1.38 bits per heavy atom. The van der Waals surface area contributed by atoms with Crippen LogP contribution >= 0.6 is 0 Å². The minimum Gasteiger partial charge on any atom is -0.390 e. The van der Waals surface area contributed by atoms with E-state index < -0.39 is 12.2 Å². The monoisotopic (exact) mass is 553 g/mol. The Morgan fingerprint density at radius 2 is 0.923 bits per heavy atom. The molecule has 0 spiro atoms. The third kappa shape index (κ3) is 27.2. The lowest BCUT2D eigenvalue weighted by atomic mass is 10.1. The van der Waals surface area contributed by atoms with Crippen LogP contribution in [0.4, 0.5) is 0 Å². The van der Waals surface area contributed by atoms with Crippen molar-refractivity contribution in [1.82, 2.24) is 9.80 Å². The van der Waals surface area contributed by atoms with Gasteiger partial charge in [-0.1, -0.05) is 109 Å². The predicted octanol–water partition coefficient (Wildman–Crippen LogP) is 6.36. The van der Waals surface area contributed by atoms with Crippen molar-refractivity contribution < 1.29 is 10.2 Å². The maximum absolute atomic E-state index is 10.2. The van der Waals surface area contributed by atoms with Crippen LogP contribution in [0.15, 0.2) is 24.3 Å². The molecule has 0 aliphatic carbocycles. The fraction of sp³-hybridized carbons (Fsp3) is 0.879. The Kier molecular flexibility index (Phi) is 29.6. The van der Waals surface area contributed by atoms with E-state index in [0.29, 0.717) is 13.1 Å². The van der Waals surface area contributed by atoms with E-state index in [1.54, 1.807) is 0 Å². The predicted molar refractivity (Wildman–Crippen MR) is 171 cm³/mol. The molecule has 0 heterocycles. The highest BCUT2D eigenvalue weighted by Gasteiger charge is 2.17. The molecule has 2 atom stereocenters. The van der Waals surface area contributed by atoms with E-state index >= 15 is 0 Å². The van der Waals surface area contributed by atoms with Crippen LogP contribution in [0.5, 0.6) is 0 Å². The van der Waals surface area contributed by atoms with Gasteiger partial charge in [-0.15, -0.1) is 0 Å². The molecule has 0 bridgehead atoms. The Bertz CT molecular complexity index is 544. The largest absolute Gasteiger partial charge is 0.390 e. The number of hydrogen-bond donors (Lipinski definition) is 4. The highest BCUT2D eigenvalue weighted by atomic mass is 16.3. The Hall–Kier alpha value is -0.760. The van der Waals surface area contributed by atoms with Crippen molar-refractivity contribution in [2.24, 2.45) is 11.5 Å². The van der Waals surface area contributed by atoms with Crippen LogP contribution in [0.2, 0.25) is 0 Å². The third-order valence-electron chi connectivity index (χ3n) is 7.38. The molecule has 0 saturated carbocycles. The standard InChI is InChI=1S/C33H68N4O2/c1-3-5-7-9-11-12-13-14-15-16-17-18-19-20-22-24-26-37(30-33(39)28-35)31-36(29-32(38)27-34)25-23-21-10-8-6-4-2/h11-12,14-15,32-33,38-39H,3-10,13,16-31,34-35H2,1-2H3/b12-11-,15-14+. The number of rotatable bonds is 30. The molecular formula is C33H68N4O2. The zero-order chi connectivity index (χ0) is 28.8. The molecular weight excluding hydrogens is 484 g/mol. The van der Waals surface area contributed by atoms with Crippen molar-refractivity contribution in [3.63, 3.8) is 0 Å². The average molecular weight is 553 g/mol. The molecule has 0 aliphatic rings. The van der Waals surface area contributed by atoms with Crippen molar-refractivity contribution in [3.05, 3.63) is 24.3 Å². The smallest absolute Gasteiger partial charge is 0.0789 e. The number of hydrogen-bond acceptors (Lipinski definition) is 6. The quantitative estimate of drug-likeness (QED) is 0.0470. The van der Waals surface area contributed by atoms with Crippen molar-refractivity contribution in [2.45, 2.75) is 142 Å². The van der Waals surface area contributed by atoms with E-state index in [4.69, 9.17) is 11.5 Å². The minimum atomic E-state index is -0.509. The molecule has 2 unspecified atom stereocenters. The summed E-state index contributed by atoms with van der Waals surface area (Å²) in [6, 6.07) is 0. The van der Waals surface area contributed by atoms with Crippen molar-refractivity contribution in [3.8, 4) is 0 Å². The summed E-state index contributed by atoms with van der Waals surface area (Å²) in [6.07, 6.45) is 30.7. The Labute approximate surface area is 243 Å². The summed E-state index contributed by atoms with van der Waals surface area (Å²) in [5, 5.41) is 20.4. The molecule has 0 fully saturated rings. The van der Waals surface area contributed by atoms with E-state index in [2.05, 4.69) is 48.0 Å². The first-order valence-corrected chi connectivity index (χ1v) is 16.6. The SMILES string of the molecule is CCCCC/C=C\C/C=C/CCCCCCCCN(CC(O)CN)CN(CCCCCCCC)CC(O)CN. The van der Waals surface area contributed by atoms with E-state index in [9.17, 15) is 10.2 Å². The summed E-state index contributed by atoms with van der Waals surface area (Å²) in [7, 11) is 0. The summed E-state index contributed by atoms with van der Waals surface area (Å²) in [6.45, 7) is 8.90. The first-order chi connectivity index (χ1) is 19.1. The van der Waals surface area contributed by atoms with Crippen LogP contribution in [-0.2, 0) is 0 Å². The molecule has 0 rings (SSSR count). The molecule has 39 heavy (non-hydrogen) atoms. The molecule has 0 aromatic carbocycles. The highest BCUT2D eigenvalue weighted by molar-refractivity contribution is 4.92. The van der Waals surface area contributed by atoms with Crippen molar-refractivity contribution in [1.29, 1.82) is 0 Å². The molecule has 232 valence electrons. The van der Waals surface area contributed by atoms with Gasteiger partial charge in [0.2, 0.25) is 0 Å². The molecule has 0 radical (unpaired) electrons. The number of nitrogens with two attached hydrogens (primary N) is 2. The van der Waals surface area contributed by atoms with Crippen molar-refractivity contribution in [2.75, 3.05) is 45.9 Å². The number of allylic oxidation sites excluding steroid dienone is 4. The second-order valence-corrected chi connectivity index (χ2v) is 11.4. The third-order valence-corrected chi connectivity index (χ3v) is 7.38. The zero-order valence-electron chi connectivity index (χ0n) is 26.1. The summed E-state index contributed by atoms with van der Waals surface area (Å²) in [4.78, 5) is 4.64. The van der Waals surface area contributed by atoms with Gasteiger partial charge in [0.1, 0.15) is 0 Å². The Balaban J connectivity index is 4.23. The van der Waals surface area contributed by atoms with Gasteiger partial charge in [0, 0.05) is 26.2 Å². The van der Waals surface area contributed by atoms with Gasteiger partial charge in [0.15, 0.2) is 0 Å². The lowest BCUT2D eigenvalue weighted by Crippen LogP contribution is -2.47. The van der Waals surface area contributed by atoms with Crippen molar-refractivity contribution >= 4 is 0 Å². The lowest BCUT2D eigenvalue weighted by molar-refractivity contribution is 0.0459. The van der Waals surface area contributed by atoms with Gasteiger partial charge >= 0.3 is 0 Å². The maximum atomic E-state index is 10.2. The molecule has 0 aromatic rings. The van der Waals surface area contributed by atoms with Gasteiger partial charge in [-0.25, -0.2) is 0 Å². The number of unbranched alkanes of at least 4 members (excludes halogenated alkanes) is 14. The lowest BCUT2D eigenvalue weighted by Gasteiger charge is -2.33. The number of nitrogens with zero attached hydrogens (tertiary/aromatic N) is 2. The average Bonchev–Trinajstić information content (AvgIpc) is 2.94. The summed E-state index contributed by atoms with van der Waals surface area (Å²) < 4.78 is 0. The minimum absolute atomic E-state index is 0.281. The second-order valence-electron chi connectivity index (χ2n) is 11.4. The first-order valence-electron chi connectivity index (χ1n) is 16.6. The van der Waals surface area contributed by atoms with Gasteiger partial charge in [0.05, 0.1) is 18.9 Å². The number of aliphatic hydroxyl groups excluding tert-OH is 2. The van der Waals surface area contributed by atoms with E-state index in [1.165, 1.54) is 96.3 Å². The van der Waals surface area contributed by atoms with Gasteiger partial charge in [-0.2, -0.15) is 0 Å².